The molecule has 1 unspecified atom stereocenters. The van der Waals surface area contributed by atoms with E-state index in [1.807, 2.05) is 48.5 Å². The number of aryl methyl sites for hydroxylation is 1. The number of carbonyl (C=O) groups is 1. The number of nitrogens with one attached hydrogen (secondary N) is 1. The summed E-state index contributed by atoms with van der Waals surface area (Å²) in [5, 5.41) is 2.99. The molecule has 1 N–H and O–H groups in total. The minimum absolute atomic E-state index is 0.0395. The SMILES string of the molecule is CN1CCOC(c2cccc(NC(=O)CCc3ccccc3)c2)C1. The number of nitrogens with zero attached hydrogens (tertiary/aromatic N) is 1. The second-order valence-electron chi connectivity index (χ2n) is 6.28. The van der Waals surface area contributed by atoms with E-state index in [1.165, 1.54) is 5.56 Å². The number of amides is 1. The largest absolute Gasteiger partial charge is 0.371 e. The summed E-state index contributed by atoms with van der Waals surface area (Å²) in [6.45, 7) is 2.59. The monoisotopic (exact) mass is 324 g/mol. The molecule has 4 nitrogen and oxygen atoms in total. The second kappa shape index (κ2) is 8.08. The van der Waals surface area contributed by atoms with Crippen molar-refractivity contribution in [1.82, 2.24) is 4.90 Å². The predicted molar refractivity (Wildman–Crippen MR) is 96.0 cm³/mol. The van der Waals surface area contributed by atoms with Crippen LogP contribution in [-0.4, -0.2) is 37.6 Å². The van der Waals surface area contributed by atoms with Crippen LogP contribution in [0.25, 0.3) is 0 Å². The zero-order valence-electron chi connectivity index (χ0n) is 14.1. The van der Waals surface area contributed by atoms with Crippen molar-refractivity contribution in [2.24, 2.45) is 0 Å². The highest BCUT2D eigenvalue weighted by molar-refractivity contribution is 5.90. The molecule has 3 rings (SSSR count). The zero-order valence-corrected chi connectivity index (χ0v) is 14.1. The van der Waals surface area contributed by atoms with Crippen LogP contribution in [0.15, 0.2) is 54.6 Å². The third kappa shape index (κ3) is 4.66. The van der Waals surface area contributed by atoms with E-state index in [-0.39, 0.29) is 12.0 Å². The molecule has 1 aliphatic heterocycles. The lowest BCUT2D eigenvalue weighted by Crippen LogP contribution is -2.35. The van der Waals surface area contributed by atoms with E-state index in [1.54, 1.807) is 0 Å². The van der Waals surface area contributed by atoms with Crippen molar-refractivity contribution in [2.45, 2.75) is 18.9 Å². The number of carbonyl (C=O) groups excluding carboxylic acids is 1. The summed E-state index contributed by atoms with van der Waals surface area (Å²) in [5.41, 5.74) is 3.13. The number of ether oxygens (including phenoxy) is 1. The highest BCUT2D eigenvalue weighted by atomic mass is 16.5. The first-order chi connectivity index (χ1) is 11.7. The molecule has 4 heteroatoms. The van der Waals surface area contributed by atoms with Crippen molar-refractivity contribution >= 4 is 11.6 Å². The normalized spacial score (nSPS) is 18.3. The zero-order chi connectivity index (χ0) is 16.8. The standard InChI is InChI=1S/C20H24N2O2/c1-22-12-13-24-19(15-22)17-8-5-9-18(14-17)21-20(23)11-10-16-6-3-2-4-7-16/h2-9,14,19H,10-13,15H2,1H3,(H,21,23). The summed E-state index contributed by atoms with van der Waals surface area (Å²) in [6, 6.07) is 18.1. The number of rotatable bonds is 5. The number of likely N-dealkylation sites (N-methyl/N-ethyl adjacent to an activating group) is 1. The molecule has 126 valence electrons. The third-order valence-corrected chi connectivity index (χ3v) is 4.30. The Hall–Kier alpha value is -2.17. The van der Waals surface area contributed by atoms with Crippen molar-refractivity contribution in [3.8, 4) is 0 Å². The first-order valence-electron chi connectivity index (χ1n) is 8.44. The van der Waals surface area contributed by atoms with Gasteiger partial charge in [-0.15, -0.1) is 0 Å². The summed E-state index contributed by atoms with van der Waals surface area (Å²) in [4.78, 5) is 14.4. The average Bonchev–Trinajstić information content (AvgIpc) is 2.61. The van der Waals surface area contributed by atoms with Gasteiger partial charge in [0.05, 0.1) is 12.7 Å². The summed E-state index contributed by atoms with van der Waals surface area (Å²) < 4.78 is 5.85. The van der Waals surface area contributed by atoms with Crippen LogP contribution in [0.2, 0.25) is 0 Å². The van der Waals surface area contributed by atoms with E-state index in [0.717, 1.165) is 37.4 Å². The maximum atomic E-state index is 12.2. The fraction of sp³-hybridized carbons (Fsp3) is 0.350. The Bertz CT molecular complexity index is 672. The van der Waals surface area contributed by atoms with E-state index in [2.05, 4.69) is 23.3 Å². The quantitative estimate of drug-likeness (QED) is 0.918. The van der Waals surface area contributed by atoms with E-state index in [9.17, 15) is 4.79 Å². The van der Waals surface area contributed by atoms with Crippen molar-refractivity contribution in [3.05, 3.63) is 65.7 Å². The number of hydrogen-bond donors (Lipinski definition) is 1. The van der Waals surface area contributed by atoms with Gasteiger partial charge in [-0.2, -0.15) is 0 Å². The fourth-order valence-corrected chi connectivity index (χ4v) is 2.92. The van der Waals surface area contributed by atoms with Crippen molar-refractivity contribution in [1.29, 1.82) is 0 Å². The van der Waals surface area contributed by atoms with Crippen LogP contribution < -0.4 is 5.32 Å². The lowest BCUT2D eigenvalue weighted by Gasteiger charge is -2.30. The maximum Gasteiger partial charge on any atom is 0.224 e. The van der Waals surface area contributed by atoms with Gasteiger partial charge in [0.25, 0.3) is 0 Å². The fourth-order valence-electron chi connectivity index (χ4n) is 2.92. The van der Waals surface area contributed by atoms with Gasteiger partial charge in [0.15, 0.2) is 0 Å². The predicted octanol–water partition coefficient (Wildman–Crippen LogP) is 3.26. The lowest BCUT2D eigenvalue weighted by molar-refractivity contribution is -0.116. The van der Waals surface area contributed by atoms with Gasteiger partial charge in [-0.05, 0) is 36.7 Å². The molecular weight excluding hydrogens is 300 g/mol. The smallest absolute Gasteiger partial charge is 0.224 e. The first-order valence-corrected chi connectivity index (χ1v) is 8.44. The molecule has 1 heterocycles. The Balaban J connectivity index is 1.57. The molecule has 1 atom stereocenters. The van der Waals surface area contributed by atoms with Crippen LogP contribution in [-0.2, 0) is 16.0 Å². The van der Waals surface area contributed by atoms with Crippen molar-refractivity contribution in [2.75, 3.05) is 32.1 Å². The summed E-state index contributed by atoms with van der Waals surface area (Å²) >= 11 is 0. The molecule has 1 fully saturated rings. The topological polar surface area (TPSA) is 41.6 Å². The molecule has 0 aromatic heterocycles. The van der Waals surface area contributed by atoms with Gasteiger partial charge in [-0.25, -0.2) is 0 Å². The number of hydrogen-bond acceptors (Lipinski definition) is 3. The lowest BCUT2D eigenvalue weighted by atomic mass is 10.1. The molecule has 1 saturated heterocycles. The molecule has 1 aliphatic rings. The Morgan fingerprint density at radius 3 is 2.83 bits per heavy atom. The van der Waals surface area contributed by atoms with E-state index >= 15 is 0 Å². The molecule has 2 aromatic carbocycles. The van der Waals surface area contributed by atoms with Crippen LogP contribution in [0, 0.1) is 0 Å². The summed E-state index contributed by atoms with van der Waals surface area (Å²) in [6.07, 6.45) is 1.31. The number of morpholine rings is 1. The van der Waals surface area contributed by atoms with Gasteiger partial charge in [0.2, 0.25) is 5.91 Å². The van der Waals surface area contributed by atoms with Crippen LogP contribution >= 0.6 is 0 Å². The maximum absolute atomic E-state index is 12.2. The minimum atomic E-state index is 0.0395. The minimum Gasteiger partial charge on any atom is -0.371 e. The molecule has 0 radical (unpaired) electrons. The van der Waals surface area contributed by atoms with Crippen LogP contribution in [0.3, 0.4) is 0 Å². The van der Waals surface area contributed by atoms with Crippen molar-refractivity contribution < 1.29 is 9.53 Å². The first kappa shape index (κ1) is 16.7. The van der Waals surface area contributed by atoms with Crippen molar-refractivity contribution in [3.63, 3.8) is 0 Å². The highest BCUT2D eigenvalue weighted by Gasteiger charge is 2.19. The Kier molecular flexibility index (Phi) is 5.62. The van der Waals surface area contributed by atoms with E-state index in [4.69, 9.17) is 4.74 Å². The van der Waals surface area contributed by atoms with Crippen LogP contribution in [0.1, 0.15) is 23.7 Å². The Morgan fingerprint density at radius 1 is 1.21 bits per heavy atom. The van der Waals surface area contributed by atoms with Gasteiger partial charge < -0.3 is 15.0 Å². The van der Waals surface area contributed by atoms with Gasteiger partial charge in [-0.3, -0.25) is 4.79 Å². The summed E-state index contributed by atoms with van der Waals surface area (Å²) in [7, 11) is 2.10. The molecule has 0 saturated carbocycles. The second-order valence-corrected chi connectivity index (χ2v) is 6.28. The molecule has 1 amide bonds. The number of benzene rings is 2. The highest BCUT2D eigenvalue weighted by Crippen LogP contribution is 2.24. The molecule has 0 bridgehead atoms. The molecule has 2 aromatic rings. The average molecular weight is 324 g/mol. The number of anilines is 1. The Morgan fingerprint density at radius 2 is 2.04 bits per heavy atom. The van der Waals surface area contributed by atoms with Gasteiger partial charge in [0, 0.05) is 25.2 Å². The molecular formula is C20H24N2O2. The molecule has 0 spiro atoms. The third-order valence-electron chi connectivity index (χ3n) is 4.30. The Labute approximate surface area is 143 Å². The van der Waals surface area contributed by atoms with Gasteiger partial charge >= 0.3 is 0 Å². The van der Waals surface area contributed by atoms with E-state index < -0.39 is 0 Å². The molecule has 24 heavy (non-hydrogen) atoms. The van der Waals surface area contributed by atoms with Gasteiger partial charge in [0.1, 0.15) is 0 Å². The van der Waals surface area contributed by atoms with E-state index in [0.29, 0.717) is 6.42 Å². The summed E-state index contributed by atoms with van der Waals surface area (Å²) in [5.74, 6) is 0.0395. The molecule has 0 aliphatic carbocycles. The van der Waals surface area contributed by atoms with Crippen LogP contribution in [0.4, 0.5) is 5.69 Å². The van der Waals surface area contributed by atoms with Crippen LogP contribution in [0.5, 0.6) is 0 Å². The van der Waals surface area contributed by atoms with Gasteiger partial charge in [-0.1, -0.05) is 42.5 Å².